The van der Waals surface area contributed by atoms with Crippen molar-refractivity contribution in [2.45, 2.75) is 44.8 Å². The second-order valence-corrected chi connectivity index (χ2v) is 6.53. The predicted octanol–water partition coefficient (Wildman–Crippen LogP) is 4.60. The largest absolute Gasteiger partial charge is 0.382 e. The fraction of sp³-hybridized carbons (Fsp3) is 0.474. The number of anilines is 1. The molecule has 21 heavy (non-hydrogen) atoms. The van der Waals surface area contributed by atoms with Crippen LogP contribution in [0.25, 0.3) is 10.8 Å². The summed E-state index contributed by atoms with van der Waals surface area (Å²) >= 11 is 0. The smallest absolute Gasteiger partial charge is 0.0670 e. The van der Waals surface area contributed by atoms with Crippen LogP contribution in [0, 0.1) is 5.41 Å². The number of rotatable bonds is 4. The van der Waals surface area contributed by atoms with Gasteiger partial charge in [0.15, 0.2) is 0 Å². The fourth-order valence-corrected chi connectivity index (χ4v) is 4.12. The molecule has 2 aromatic carbocycles. The van der Waals surface area contributed by atoms with Gasteiger partial charge in [0.05, 0.1) is 6.10 Å². The third-order valence-corrected chi connectivity index (χ3v) is 5.53. The first-order valence-electron chi connectivity index (χ1n) is 8.19. The third kappa shape index (κ3) is 2.04. The van der Waals surface area contributed by atoms with E-state index in [1.807, 2.05) is 0 Å². The van der Waals surface area contributed by atoms with E-state index in [1.54, 1.807) is 0 Å². The van der Waals surface area contributed by atoms with Gasteiger partial charge in [0, 0.05) is 23.8 Å². The van der Waals surface area contributed by atoms with Gasteiger partial charge < -0.3 is 10.1 Å². The molecule has 2 saturated carbocycles. The average molecular weight is 281 g/mol. The first-order valence-corrected chi connectivity index (χ1v) is 8.19. The van der Waals surface area contributed by atoms with Gasteiger partial charge in [-0.1, -0.05) is 36.8 Å². The van der Waals surface area contributed by atoms with Crippen molar-refractivity contribution >= 4 is 16.5 Å². The van der Waals surface area contributed by atoms with Crippen molar-refractivity contribution in [2.75, 3.05) is 11.9 Å². The lowest BCUT2D eigenvalue weighted by Gasteiger charge is -2.61. The van der Waals surface area contributed by atoms with E-state index in [0.29, 0.717) is 17.6 Å². The normalized spacial score (nSPS) is 26.3. The number of ether oxygens (including phenoxy) is 1. The van der Waals surface area contributed by atoms with Gasteiger partial charge in [-0.3, -0.25) is 0 Å². The number of fused-ring (bicyclic) bond motifs is 1. The van der Waals surface area contributed by atoms with Crippen LogP contribution in [-0.4, -0.2) is 18.8 Å². The minimum Gasteiger partial charge on any atom is -0.382 e. The van der Waals surface area contributed by atoms with Crippen LogP contribution >= 0.6 is 0 Å². The summed E-state index contributed by atoms with van der Waals surface area (Å²) in [5, 5.41) is 6.39. The Labute approximate surface area is 126 Å². The minimum atomic E-state index is 0.418. The number of nitrogens with one attached hydrogen (secondary N) is 1. The van der Waals surface area contributed by atoms with Crippen molar-refractivity contribution in [3.8, 4) is 0 Å². The fourth-order valence-electron chi connectivity index (χ4n) is 4.12. The van der Waals surface area contributed by atoms with Gasteiger partial charge in [0.25, 0.3) is 0 Å². The summed E-state index contributed by atoms with van der Waals surface area (Å²) in [6, 6.07) is 15.8. The number of hydrogen-bond acceptors (Lipinski definition) is 2. The first-order chi connectivity index (χ1) is 10.3. The molecule has 0 heterocycles. The van der Waals surface area contributed by atoms with Crippen LogP contribution in [0.2, 0.25) is 0 Å². The maximum Gasteiger partial charge on any atom is 0.0670 e. The Balaban J connectivity index is 1.52. The van der Waals surface area contributed by atoms with Gasteiger partial charge in [0.2, 0.25) is 0 Å². The molecule has 2 heteroatoms. The second-order valence-electron chi connectivity index (χ2n) is 6.53. The van der Waals surface area contributed by atoms with Crippen LogP contribution in [0.15, 0.2) is 42.5 Å². The molecule has 0 aliphatic heterocycles. The molecule has 2 aliphatic carbocycles. The molecule has 2 nitrogen and oxygen atoms in total. The SMILES string of the molecule is CCOC1CC(Nc2ccc3ccccc3c2)C12CCC2. The van der Waals surface area contributed by atoms with Gasteiger partial charge in [-0.25, -0.2) is 0 Å². The van der Waals surface area contributed by atoms with Gasteiger partial charge >= 0.3 is 0 Å². The highest BCUT2D eigenvalue weighted by Crippen LogP contribution is 2.58. The van der Waals surface area contributed by atoms with Gasteiger partial charge in [-0.2, -0.15) is 0 Å². The molecule has 2 aromatic rings. The predicted molar refractivity (Wildman–Crippen MR) is 87.7 cm³/mol. The molecule has 110 valence electrons. The highest BCUT2D eigenvalue weighted by Gasteiger charge is 2.58. The summed E-state index contributed by atoms with van der Waals surface area (Å²) < 4.78 is 5.93. The van der Waals surface area contributed by atoms with Gasteiger partial charge in [-0.05, 0) is 49.1 Å². The molecule has 0 saturated heterocycles. The third-order valence-electron chi connectivity index (χ3n) is 5.53. The van der Waals surface area contributed by atoms with Crippen molar-refractivity contribution in [3.05, 3.63) is 42.5 Å². The molecule has 2 fully saturated rings. The van der Waals surface area contributed by atoms with E-state index in [2.05, 4.69) is 54.7 Å². The summed E-state index contributed by atoms with van der Waals surface area (Å²) in [5.41, 5.74) is 1.67. The van der Waals surface area contributed by atoms with Gasteiger partial charge in [0.1, 0.15) is 0 Å². The zero-order valence-electron chi connectivity index (χ0n) is 12.6. The van der Waals surface area contributed by atoms with Crippen molar-refractivity contribution in [1.29, 1.82) is 0 Å². The van der Waals surface area contributed by atoms with Crippen LogP contribution in [0.4, 0.5) is 5.69 Å². The molecule has 0 radical (unpaired) electrons. The van der Waals surface area contributed by atoms with E-state index in [1.165, 1.54) is 35.7 Å². The minimum absolute atomic E-state index is 0.418. The number of hydrogen-bond donors (Lipinski definition) is 1. The van der Waals surface area contributed by atoms with Gasteiger partial charge in [-0.15, -0.1) is 0 Å². The lowest BCUT2D eigenvalue weighted by atomic mass is 9.51. The maximum absolute atomic E-state index is 5.93. The zero-order valence-corrected chi connectivity index (χ0v) is 12.6. The first kappa shape index (κ1) is 13.1. The van der Waals surface area contributed by atoms with Crippen molar-refractivity contribution in [3.63, 3.8) is 0 Å². The van der Waals surface area contributed by atoms with E-state index in [-0.39, 0.29) is 0 Å². The summed E-state index contributed by atoms with van der Waals surface area (Å²) in [6.45, 7) is 2.95. The quantitative estimate of drug-likeness (QED) is 0.884. The van der Waals surface area contributed by atoms with E-state index in [0.717, 1.165) is 13.0 Å². The van der Waals surface area contributed by atoms with Crippen molar-refractivity contribution in [1.82, 2.24) is 0 Å². The van der Waals surface area contributed by atoms with Crippen LogP contribution in [0.5, 0.6) is 0 Å². The maximum atomic E-state index is 5.93. The Morgan fingerprint density at radius 1 is 1.14 bits per heavy atom. The van der Waals surface area contributed by atoms with E-state index in [4.69, 9.17) is 4.74 Å². The molecule has 0 bridgehead atoms. The lowest BCUT2D eigenvalue weighted by molar-refractivity contribution is -0.157. The van der Waals surface area contributed by atoms with E-state index >= 15 is 0 Å². The van der Waals surface area contributed by atoms with Crippen molar-refractivity contribution in [2.24, 2.45) is 5.41 Å². The zero-order chi connectivity index (χ0) is 14.3. The molecule has 1 spiro atoms. The highest BCUT2D eigenvalue weighted by atomic mass is 16.5. The Morgan fingerprint density at radius 2 is 1.95 bits per heavy atom. The summed E-state index contributed by atoms with van der Waals surface area (Å²) in [6.07, 6.45) is 5.64. The van der Waals surface area contributed by atoms with E-state index in [9.17, 15) is 0 Å². The molecule has 2 aliphatic rings. The second kappa shape index (κ2) is 5.03. The Bertz CT molecular complexity index is 647. The highest BCUT2D eigenvalue weighted by molar-refractivity contribution is 5.85. The van der Waals surface area contributed by atoms with E-state index < -0.39 is 0 Å². The molecule has 1 N–H and O–H groups in total. The Kier molecular flexibility index (Phi) is 3.15. The van der Waals surface area contributed by atoms with Crippen molar-refractivity contribution < 1.29 is 4.74 Å². The van der Waals surface area contributed by atoms with Crippen LogP contribution in [0.3, 0.4) is 0 Å². The van der Waals surface area contributed by atoms with Crippen LogP contribution < -0.4 is 5.32 Å². The Hall–Kier alpha value is -1.54. The van der Waals surface area contributed by atoms with Crippen LogP contribution in [0.1, 0.15) is 32.6 Å². The molecule has 0 aromatic heterocycles. The molecular formula is C19H23NO. The summed E-state index contributed by atoms with van der Waals surface area (Å²) in [7, 11) is 0. The number of benzene rings is 2. The molecular weight excluding hydrogens is 258 g/mol. The molecule has 4 rings (SSSR count). The topological polar surface area (TPSA) is 21.3 Å². The standard InChI is InChI=1S/C19H23NO/c1-2-21-18-13-17(19(18)10-5-11-19)20-16-9-8-14-6-3-4-7-15(14)12-16/h3-4,6-9,12,17-18,20H,2,5,10-11,13H2,1H3. The Morgan fingerprint density at radius 3 is 2.67 bits per heavy atom. The summed E-state index contributed by atoms with van der Waals surface area (Å²) in [5.74, 6) is 0. The molecule has 0 amide bonds. The molecule has 2 atom stereocenters. The molecule has 2 unspecified atom stereocenters. The average Bonchev–Trinajstić information content (AvgIpc) is 2.44. The summed E-state index contributed by atoms with van der Waals surface area (Å²) in [4.78, 5) is 0. The van der Waals surface area contributed by atoms with Crippen LogP contribution in [-0.2, 0) is 4.74 Å². The monoisotopic (exact) mass is 281 g/mol. The lowest BCUT2D eigenvalue weighted by Crippen LogP contribution is -2.64.